The quantitative estimate of drug-likeness (QED) is 0.872. The summed E-state index contributed by atoms with van der Waals surface area (Å²) in [6, 6.07) is 7.41. The Morgan fingerprint density at radius 2 is 2.28 bits per heavy atom. The van der Waals surface area contributed by atoms with Crippen molar-refractivity contribution in [2.75, 3.05) is 13.2 Å². The Bertz CT molecular complexity index is 501. The van der Waals surface area contributed by atoms with Gasteiger partial charge in [0.1, 0.15) is 0 Å². The third kappa shape index (κ3) is 2.52. The van der Waals surface area contributed by atoms with Gasteiger partial charge in [-0.1, -0.05) is 0 Å². The molecular weight excluding hydrogens is 228 g/mol. The fraction of sp³-hybridized carbons (Fsp3) is 0.429. The summed E-state index contributed by atoms with van der Waals surface area (Å²) in [5.74, 6) is -0.0476. The number of benzene rings is 1. The predicted molar refractivity (Wildman–Crippen MR) is 67.0 cm³/mol. The Kier molecular flexibility index (Phi) is 3.63. The Balaban J connectivity index is 2.24. The molecule has 1 aromatic rings. The van der Waals surface area contributed by atoms with Crippen molar-refractivity contribution in [1.82, 2.24) is 4.90 Å². The monoisotopic (exact) mass is 244 g/mol. The number of nitriles is 1. The minimum absolute atomic E-state index is 0.0163. The van der Waals surface area contributed by atoms with E-state index >= 15 is 0 Å². The third-order valence-corrected chi connectivity index (χ3v) is 3.18. The van der Waals surface area contributed by atoms with E-state index < -0.39 is 0 Å². The van der Waals surface area contributed by atoms with Crippen LogP contribution in [0.4, 0.5) is 0 Å². The first-order valence-corrected chi connectivity index (χ1v) is 6.10. The molecular formula is C14H16N2O2. The molecule has 0 unspecified atom stereocenters. The average molecular weight is 244 g/mol. The molecule has 1 amide bonds. The minimum atomic E-state index is -0.0476. The maximum absolute atomic E-state index is 12.4. The number of hydrogen-bond acceptors (Lipinski definition) is 3. The topological polar surface area (TPSA) is 64.3 Å². The van der Waals surface area contributed by atoms with E-state index in [1.165, 1.54) is 0 Å². The number of aliphatic hydroxyl groups excluding tert-OH is 1. The molecule has 1 saturated carbocycles. The first-order valence-electron chi connectivity index (χ1n) is 6.10. The summed E-state index contributed by atoms with van der Waals surface area (Å²) in [7, 11) is 0. The van der Waals surface area contributed by atoms with Gasteiger partial charge >= 0.3 is 0 Å². The molecule has 0 heterocycles. The van der Waals surface area contributed by atoms with E-state index in [1.54, 1.807) is 23.1 Å². The zero-order chi connectivity index (χ0) is 13.1. The van der Waals surface area contributed by atoms with Crippen molar-refractivity contribution in [3.63, 3.8) is 0 Å². The van der Waals surface area contributed by atoms with Crippen LogP contribution in [-0.2, 0) is 0 Å². The number of aryl methyl sites for hydroxylation is 1. The number of carbonyl (C=O) groups excluding carboxylic acids is 1. The van der Waals surface area contributed by atoms with E-state index in [4.69, 9.17) is 10.4 Å². The van der Waals surface area contributed by atoms with Gasteiger partial charge in [-0.3, -0.25) is 4.79 Å². The average Bonchev–Trinajstić information content (AvgIpc) is 3.19. The summed E-state index contributed by atoms with van der Waals surface area (Å²) in [4.78, 5) is 14.1. The molecule has 2 rings (SSSR count). The summed E-state index contributed by atoms with van der Waals surface area (Å²) < 4.78 is 0. The van der Waals surface area contributed by atoms with Crippen LogP contribution in [0.1, 0.15) is 34.3 Å². The molecule has 18 heavy (non-hydrogen) atoms. The van der Waals surface area contributed by atoms with Gasteiger partial charge in [-0.15, -0.1) is 0 Å². The predicted octanol–water partition coefficient (Wildman–Crippen LogP) is 1.46. The van der Waals surface area contributed by atoms with Crippen molar-refractivity contribution in [2.45, 2.75) is 25.8 Å². The molecule has 1 aromatic carbocycles. The second-order valence-corrected chi connectivity index (χ2v) is 4.59. The van der Waals surface area contributed by atoms with Gasteiger partial charge in [0, 0.05) is 18.2 Å². The summed E-state index contributed by atoms with van der Waals surface area (Å²) in [5.41, 5.74) is 1.99. The van der Waals surface area contributed by atoms with Gasteiger partial charge in [0.25, 0.3) is 5.91 Å². The van der Waals surface area contributed by atoms with Crippen LogP contribution in [0, 0.1) is 18.3 Å². The zero-order valence-electron chi connectivity index (χ0n) is 10.4. The molecule has 1 aliphatic rings. The van der Waals surface area contributed by atoms with Crippen LogP contribution in [-0.4, -0.2) is 35.1 Å². The van der Waals surface area contributed by atoms with Gasteiger partial charge in [0.05, 0.1) is 18.2 Å². The van der Waals surface area contributed by atoms with Gasteiger partial charge in [-0.2, -0.15) is 5.26 Å². The Labute approximate surface area is 106 Å². The van der Waals surface area contributed by atoms with E-state index in [1.807, 2.05) is 6.92 Å². The largest absolute Gasteiger partial charge is 0.395 e. The maximum Gasteiger partial charge on any atom is 0.254 e. The van der Waals surface area contributed by atoms with Crippen LogP contribution >= 0.6 is 0 Å². The van der Waals surface area contributed by atoms with Gasteiger partial charge in [-0.25, -0.2) is 0 Å². The van der Waals surface area contributed by atoms with E-state index in [9.17, 15) is 4.79 Å². The number of nitrogens with zero attached hydrogens (tertiary/aromatic N) is 2. The Morgan fingerprint density at radius 3 is 2.78 bits per heavy atom. The van der Waals surface area contributed by atoms with Crippen molar-refractivity contribution < 1.29 is 9.90 Å². The standard InChI is InChI=1S/C14H16N2O2/c1-10-8-11(9-15)2-5-13(10)14(18)16(6-7-17)12-3-4-12/h2,5,8,12,17H,3-4,6-7H2,1H3. The van der Waals surface area contributed by atoms with Gasteiger partial charge < -0.3 is 10.0 Å². The van der Waals surface area contributed by atoms with Crippen LogP contribution in [0.25, 0.3) is 0 Å². The highest BCUT2D eigenvalue weighted by Gasteiger charge is 2.32. The molecule has 1 N–H and O–H groups in total. The molecule has 1 fully saturated rings. The van der Waals surface area contributed by atoms with E-state index in [0.717, 1.165) is 18.4 Å². The first-order chi connectivity index (χ1) is 8.67. The lowest BCUT2D eigenvalue weighted by molar-refractivity contribution is 0.0707. The van der Waals surface area contributed by atoms with Crippen LogP contribution < -0.4 is 0 Å². The molecule has 0 aromatic heterocycles. The number of carbonyl (C=O) groups is 1. The number of hydrogen-bond donors (Lipinski definition) is 1. The molecule has 1 aliphatic carbocycles. The van der Waals surface area contributed by atoms with Crippen molar-refractivity contribution in [3.05, 3.63) is 34.9 Å². The Morgan fingerprint density at radius 1 is 1.56 bits per heavy atom. The number of aliphatic hydroxyl groups is 1. The summed E-state index contributed by atoms with van der Waals surface area (Å²) in [6.07, 6.45) is 2.03. The molecule has 0 aliphatic heterocycles. The van der Waals surface area contributed by atoms with Crippen LogP contribution in [0.3, 0.4) is 0 Å². The molecule has 4 heteroatoms. The molecule has 0 atom stereocenters. The number of rotatable bonds is 4. The van der Waals surface area contributed by atoms with Gasteiger partial charge in [-0.05, 0) is 43.5 Å². The highest BCUT2D eigenvalue weighted by molar-refractivity contribution is 5.96. The zero-order valence-corrected chi connectivity index (χ0v) is 10.4. The minimum Gasteiger partial charge on any atom is -0.395 e. The second kappa shape index (κ2) is 5.19. The molecule has 0 saturated heterocycles. The van der Waals surface area contributed by atoms with Crippen molar-refractivity contribution in [2.24, 2.45) is 0 Å². The van der Waals surface area contributed by atoms with Gasteiger partial charge in [0.15, 0.2) is 0 Å². The highest BCUT2D eigenvalue weighted by atomic mass is 16.3. The second-order valence-electron chi connectivity index (χ2n) is 4.59. The lowest BCUT2D eigenvalue weighted by Gasteiger charge is -2.22. The first kappa shape index (κ1) is 12.6. The van der Waals surface area contributed by atoms with E-state index in [-0.39, 0.29) is 18.6 Å². The van der Waals surface area contributed by atoms with Crippen LogP contribution in [0.2, 0.25) is 0 Å². The number of amides is 1. The highest BCUT2D eigenvalue weighted by Crippen LogP contribution is 2.28. The lowest BCUT2D eigenvalue weighted by atomic mass is 10.0. The molecule has 94 valence electrons. The normalized spacial score (nSPS) is 14.1. The maximum atomic E-state index is 12.4. The lowest BCUT2D eigenvalue weighted by Crippen LogP contribution is -2.35. The molecule has 0 radical (unpaired) electrons. The van der Waals surface area contributed by atoms with Crippen LogP contribution in [0.15, 0.2) is 18.2 Å². The fourth-order valence-electron chi connectivity index (χ4n) is 2.07. The molecule has 0 bridgehead atoms. The summed E-state index contributed by atoms with van der Waals surface area (Å²) in [6.45, 7) is 2.19. The summed E-state index contributed by atoms with van der Waals surface area (Å²) >= 11 is 0. The molecule has 0 spiro atoms. The third-order valence-electron chi connectivity index (χ3n) is 3.18. The SMILES string of the molecule is Cc1cc(C#N)ccc1C(=O)N(CCO)C1CC1. The van der Waals surface area contributed by atoms with Gasteiger partial charge in [0.2, 0.25) is 0 Å². The van der Waals surface area contributed by atoms with E-state index in [2.05, 4.69) is 6.07 Å². The fourth-order valence-corrected chi connectivity index (χ4v) is 2.07. The van der Waals surface area contributed by atoms with Crippen molar-refractivity contribution in [3.8, 4) is 6.07 Å². The van der Waals surface area contributed by atoms with Crippen LogP contribution in [0.5, 0.6) is 0 Å². The van der Waals surface area contributed by atoms with Crippen molar-refractivity contribution >= 4 is 5.91 Å². The molecule has 4 nitrogen and oxygen atoms in total. The van der Waals surface area contributed by atoms with E-state index in [0.29, 0.717) is 17.7 Å². The Hall–Kier alpha value is -1.86. The smallest absolute Gasteiger partial charge is 0.254 e. The summed E-state index contributed by atoms with van der Waals surface area (Å²) in [5, 5.41) is 17.8. The van der Waals surface area contributed by atoms with Crippen molar-refractivity contribution in [1.29, 1.82) is 5.26 Å².